The molecule has 3 rings (SSSR count). The second-order valence-corrected chi connectivity index (χ2v) is 9.09. The van der Waals surface area contributed by atoms with Crippen LogP contribution in [-0.2, 0) is 15.6 Å². The third-order valence-electron chi connectivity index (χ3n) is 5.29. The van der Waals surface area contributed by atoms with Crippen molar-refractivity contribution in [1.82, 2.24) is 0 Å². The Balaban J connectivity index is 0.000000587. The fraction of sp³-hybridized carbons (Fsp3) is 0.406. The van der Waals surface area contributed by atoms with E-state index in [1.165, 1.54) is 23.6 Å². The van der Waals surface area contributed by atoms with Gasteiger partial charge < -0.3 is 9.47 Å². The van der Waals surface area contributed by atoms with Gasteiger partial charge in [0.2, 0.25) is 0 Å². The van der Waals surface area contributed by atoms with Gasteiger partial charge >= 0.3 is 5.97 Å². The minimum atomic E-state index is -0.284. The van der Waals surface area contributed by atoms with Crippen LogP contribution in [0.2, 0.25) is 0 Å². The van der Waals surface area contributed by atoms with Gasteiger partial charge in [-0.25, -0.2) is 0 Å². The lowest BCUT2D eigenvalue weighted by Gasteiger charge is -2.26. The second kappa shape index (κ2) is 15.8. The van der Waals surface area contributed by atoms with E-state index in [-0.39, 0.29) is 16.8 Å². The topological polar surface area (TPSA) is 35.5 Å². The van der Waals surface area contributed by atoms with Gasteiger partial charge in [-0.1, -0.05) is 117 Å². The molecule has 0 saturated carbocycles. The Labute approximate surface area is 214 Å². The number of hydrogen-bond donors (Lipinski definition) is 0. The molecule has 0 aromatic heterocycles. The fourth-order valence-corrected chi connectivity index (χ4v) is 3.22. The summed E-state index contributed by atoms with van der Waals surface area (Å²) >= 11 is 0. The molecule has 0 atom stereocenters. The predicted octanol–water partition coefficient (Wildman–Crippen LogP) is 8.98. The maximum Gasteiger partial charge on any atom is 0.308 e. The van der Waals surface area contributed by atoms with E-state index in [2.05, 4.69) is 71.0 Å². The van der Waals surface area contributed by atoms with Crippen LogP contribution in [0.4, 0.5) is 0 Å². The highest BCUT2D eigenvalue weighted by Crippen LogP contribution is 2.32. The van der Waals surface area contributed by atoms with Crippen molar-refractivity contribution in [3.05, 3.63) is 95.6 Å². The molecular formula is C32H46O3. The highest BCUT2D eigenvalue weighted by atomic mass is 16.5. The lowest BCUT2D eigenvalue weighted by atomic mass is 9.78. The number of carbonyl (C=O) groups is 1. The van der Waals surface area contributed by atoms with E-state index in [1.54, 1.807) is 7.11 Å². The predicted molar refractivity (Wildman–Crippen MR) is 151 cm³/mol. The van der Waals surface area contributed by atoms with E-state index in [9.17, 15) is 4.79 Å². The van der Waals surface area contributed by atoms with Crippen LogP contribution in [-0.4, -0.2) is 13.1 Å². The van der Waals surface area contributed by atoms with E-state index < -0.39 is 0 Å². The smallest absolute Gasteiger partial charge is 0.308 e. The molecule has 0 radical (unpaired) electrons. The van der Waals surface area contributed by atoms with Crippen LogP contribution in [0.3, 0.4) is 0 Å². The van der Waals surface area contributed by atoms with Gasteiger partial charge in [-0.15, -0.1) is 0 Å². The standard InChI is InChI=1S/C16H18O.C12H16O2.2C2H6/c1-16(2,13-7-5-4-6-8-13)14-9-11-15(17-3)12-10-14;1-9(13)14-11-7-5-10(6-8-11)12(2,3)4;2*1-2/h4-12H,1-3H3;5-8H,1-4H3;2*1-2H3. The van der Waals surface area contributed by atoms with Gasteiger partial charge in [0, 0.05) is 12.3 Å². The van der Waals surface area contributed by atoms with Crippen molar-refractivity contribution in [2.24, 2.45) is 0 Å². The molecule has 0 aliphatic carbocycles. The van der Waals surface area contributed by atoms with Crippen molar-refractivity contribution < 1.29 is 14.3 Å². The van der Waals surface area contributed by atoms with Gasteiger partial charge in [-0.05, 0) is 46.4 Å². The Morgan fingerprint density at radius 3 is 1.40 bits per heavy atom. The molecule has 35 heavy (non-hydrogen) atoms. The van der Waals surface area contributed by atoms with E-state index in [0.29, 0.717) is 5.75 Å². The molecule has 3 aromatic rings. The van der Waals surface area contributed by atoms with Gasteiger partial charge in [-0.2, -0.15) is 0 Å². The van der Waals surface area contributed by atoms with Crippen molar-refractivity contribution in [2.45, 2.75) is 80.1 Å². The minimum absolute atomic E-state index is 0.0214. The molecule has 0 spiro atoms. The number of hydrogen-bond acceptors (Lipinski definition) is 3. The zero-order valence-corrected chi connectivity index (χ0v) is 23.7. The van der Waals surface area contributed by atoms with E-state index in [4.69, 9.17) is 9.47 Å². The zero-order valence-electron chi connectivity index (χ0n) is 23.7. The summed E-state index contributed by atoms with van der Waals surface area (Å²) in [6, 6.07) is 26.5. The lowest BCUT2D eigenvalue weighted by molar-refractivity contribution is -0.131. The first-order chi connectivity index (χ1) is 16.5. The third kappa shape index (κ3) is 10.8. The molecule has 0 saturated heterocycles. The largest absolute Gasteiger partial charge is 0.497 e. The average molecular weight is 479 g/mol. The average Bonchev–Trinajstić information content (AvgIpc) is 2.87. The minimum Gasteiger partial charge on any atom is -0.497 e. The number of carbonyl (C=O) groups excluding carboxylic acids is 1. The SMILES string of the molecule is CC.CC.CC(=O)Oc1ccc(C(C)(C)C)cc1.COc1ccc(C(C)(C)c2ccccc2)cc1. The highest BCUT2D eigenvalue weighted by Gasteiger charge is 2.22. The molecule has 0 unspecified atom stereocenters. The van der Waals surface area contributed by atoms with Crippen molar-refractivity contribution in [3.8, 4) is 11.5 Å². The van der Waals surface area contributed by atoms with Gasteiger partial charge in [0.25, 0.3) is 0 Å². The molecule has 3 nitrogen and oxygen atoms in total. The summed E-state index contributed by atoms with van der Waals surface area (Å²) in [6.45, 7) is 20.3. The zero-order chi connectivity index (χ0) is 27.1. The van der Waals surface area contributed by atoms with Crippen LogP contribution in [0.1, 0.15) is 85.9 Å². The quantitative estimate of drug-likeness (QED) is 0.277. The van der Waals surface area contributed by atoms with Crippen LogP contribution < -0.4 is 9.47 Å². The highest BCUT2D eigenvalue weighted by molar-refractivity contribution is 5.69. The van der Waals surface area contributed by atoms with Crippen LogP contribution in [0.5, 0.6) is 11.5 Å². The first kappa shape index (κ1) is 31.9. The van der Waals surface area contributed by atoms with Gasteiger partial charge in [0.15, 0.2) is 0 Å². The summed E-state index contributed by atoms with van der Waals surface area (Å²) in [6.07, 6.45) is 0. The Kier molecular flexibility index (Phi) is 14.4. The molecule has 192 valence electrons. The van der Waals surface area contributed by atoms with Crippen LogP contribution in [0.15, 0.2) is 78.9 Å². The summed E-state index contributed by atoms with van der Waals surface area (Å²) in [5.74, 6) is 1.22. The normalized spacial score (nSPS) is 10.3. The van der Waals surface area contributed by atoms with Crippen molar-refractivity contribution in [1.29, 1.82) is 0 Å². The number of ether oxygens (including phenoxy) is 2. The maximum absolute atomic E-state index is 10.7. The Hall–Kier alpha value is -3.07. The number of esters is 1. The van der Waals surface area contributed by atoms with Crippen LogP contribution >= 0.6 is 0 Å². The van der Waals surface area contributed by atoms with Crippen molar-refractivity contribution >= 4 is 5.97 Å². The first-order valence-corrected chi connectivity index (χ1v) is 12.5. The molecule has 0 bridgehead atoms. The van der Waals surface area contributed by atoms with Gasteiger partial charge in [0.05, 0.1) is 7.11 Å². The Bertz CT molecular complexity index is 948. The van der Waals surface area contributed by atoms with Gasteiger partial charge in [0.1, 0.15) is 11.5 Å². The molecule has 0 N–H and O–H groups in total. The molecule has 3 aromatic carbocycles. The summed E-state index contributed by atoms with van der Waals surface area (Å²) in [4.78, 5) is 10.7. The molecule has 0 fully saturated rings. The number of rotatable bonds is 4. The summed E-state index contributed by atoms with van der Waals surface area (Å²) < 4.78 is 10.1. The molecule has 3 heteroatoms. The van der Waals surface area contributed by atoms with Crippen molar-refractivity contribution in [3.63, 3.8) is 0 Å². The molecule has 0 aliphatic heterocycles. The Morgan fingerprint density at radius 2 is 1.00 bits per heavy atom. The monoisotopic (exact) mass is 478 g/mol. The maximum atomic E-state index is 10.7. The summed E-state index contributed by atoms with van der Waals surface area (Å²) in [7, 11) is 1.69. The van der Waals surface area contributed by atoms with Gasteiger partial charge in [-0.3, -0.25) is 4.79 Å². The molecule has 0 heterocycles. The Morgan fingerprint density at radius 1 is 0.600 bits per heavy atom. The van der Waals surface area contributed by atoms with E-state index in [0.717, 1.165) is 5.75 Å². The van der Waals surface area contributed by atoms with Crippen LogP contribution in [0.25, 0.3) is 0 Å². The van der Waals surface area contributed by atoms with Crippen molar-refractivity contribution in [2.75, 3.05) is 7.11 Å². The lowest BCUT2D eigenvalue weighted by Crippen LogP contribution is -2.18. The fourth-order valence-electron chi connectivity index (χ4n) is 3.22. The van der Waals surface area contributed by atoms with E-state index >= 15 is 0 Å². The third-order valence-corrected chi connectivity index (χ3v) is 5.29. The molecule has 0 aliphatic rings. The van der Waals surface area contributed by atoms with Crippen LogP contribution in [0, 0.1) is 0 Å². The van der Waals surface area contributed by atoms with E-state index in [1.807, 2.05) is 70.2 Å². The number of methoxy groups -OCH3 is 1. The first-order valence-electron chi connectivity index (χ1n) is 12.5. The summed E-state index contributed by atoms with van der Waals surface area (Å²) in [5, 5.41) is 0. The molecular weight excluding hydrogens is 432 g/mol. The molecule has 0 amide bonds. The second-order valence-electron chi connectivity index (χ2n) is 9.09. The summed E-state index contributed by atoms with van der Waals surface area (Å²) in [5.41, 5.74) is 4.01. The number of benzene rings is 3.